The monoisotopic (exact) mass is 262 g/mol. The van der Waals surface area contributed by atoms with E-state index in [2.05, 4.69) is 4.90 Å². The van der Waals surface area contributed by atoms with Gasteiger partial charge in [-0.05, 0) is 44.3 Å². The average molecular weight is 262 g/mol. The largest absolute Gasteiger partial charge is 0.302 e. The number of likely N-dealkylation sites (tertiary alicyclic amines) is 1. The van der Waals surface area contributed by atoms with Crippen molar-refractivity contribution in [2.45, 2.75) is 31.7 Å². The number of rotatable bonds is 4. The molecule has 1 atom stereocenters. The fourth-order valence-electron chi connectivity index (χ4n) is 2.59. The van der Waals surface area contributed by atoms with Crippen LogP contribution in [0.5, 0.6) is 0 Å². The minimum absolute atomic E-state index is 0.0159. The molecule has 5 nitrogen and oxygen atoms in total. The maximum atomic E-state index is 10.8. The van der Waals surface area contributed by atoms with E-state index in [1.165, 1.54) is 0 Å². The van der Waals surface area contributed by atoms with Gasteiger partial charge in [-0.25, -0.2) is 0 Å². The van der Waals surface area contributed by atoms with Crippen molar-refractivity contribution in [1.29, 1.82) is 0 Å². The summed E-state index contributed by atoms with van der Waals surface area (Å²) in [4.78, 5) is 23.2. The first-order chi connectivity index (χ1) is 9.11. The Morgan fingerprint density at radius 2 is 1.89 bits per heavy atom. The van der Waals surface area contributed by atoms with E-state index in [4.69, 9.17) is 0 Å². The quantitative estimate of drug-likeness (QED) is 0.474. The Morgan fingerprint density at radius 1 is 1.32 bits per heavy atom. The first-order valence-electron chi connectivity index (χ1n) is 6.55. The van der Waals surface area contributed by atoms with Gasteiger partial charge >= 0.3 is 0 Å². The lowest BCUT2D eigenvalue weighted by molar-refractivity contribution is -0.384. The third kappa shape index (κ3) is 3.17. The first kappa shape index (κ1) is 13.7. The smallest absolute Gasteiger partial charge is 0.269 e. The summed E-state index contributed by atoms with van der Waals surface area (Å²) in [7, 11) is 0. The Morgan fingerprint density at radius 3 is 2.37 bits per heavy atom. The number of nitrogens with zero attached hydrogens (tertiary/aromatic N) is 2. The van der Waals surface area contributed by atoms with Crippen LogP contribution in [0.2, 0.25) is 0 Å². The highest BCUT2D eigenvalue weighted by Gasteiger charge is 2.23. The summed E-state index contributed by atoms with van der Waals surface area (Å²) in [5.74, 6) is 0.441. The van der Waals surface area contributed by atoms with Gasteiger partial charge in [0.25, 0.3) is 5.69 Å². The Balaban J connectivity index is 1.97. The molecule has 1 aromatic rings. The lowest BCUT2D eigenvalue weighted by atomic mass is 9.89. The molecule has 1 unspecified atom stereocenters. The molecule has 1 aliphatic rings. The van der Waals surface area contributed by atoms with Crippen LogP contribution in [-0.2, 0) is 4.79 Å². The third-order valence-electron chi connectivity index (χ3n) is 3.88. The van der Waals surface area contributed by atoms with Crippen molar-refractivity contribution < 1.29 is 9.72 Å². The number of benzene rings is 1. The van der Waals surface area contributed by atoms with E-state index in [9.17, 15) is 14.9 Å². The van der Waals surface area contributed by atoms with Gasteiger partial charge in [-0.3, -0.25) is 15.0 Å². The fraction of sp³-hybridized carbons (Fsp3) is 0.500. The van der Waals surface area contributed by atoms with Crippen molar-refractivity contribution >= 4 is 12.0 Å². The Kier molecular flexibility index (Phi) is 4.27. The summed E-state index contributed by atoms with van der Waals surface area (Å²) >= 11 is 0. The highest BCUT2D eigenvalue weighted by Crippen LogP contribution is 2.29. The van der Waals surface area contributed by atoms with Crippen LogP contribution >= 0.6 is 0 Å². The van der Waals surface area contributed by atoms with Crippen LogP contribution in [0.1, 0.15) is 31.2 Å². The van der Waals surface area contributed by atoms with E-state index in [0.717, 1.165) is 37.8 Å². The number of carbonyl (C=O) groups excluding carboxylic acids is 1. The number of non-ortho nitro benzene ring substituents is 1. The van der Waals surface area contributed by atoms with E-state index in [-0.39, 0.29) is 16.7 Å². The molecular formula is C14H18N2O3. The van der Waals surface area contributed by atoms with E-state index in [0.29, 0.717) is 5.92 Å². The van der Waals surface area contributed by atoms with Crippen molar-refractivity contribution in [3.05, 3.63) is 39.9 Å². The Labute approximate surface area is 112 Å². The molecule has 2 rings (SSSR count). The van der Waals surface area contributed by atoms with Gasteiger partial charge in [0, 0.05) is 12.1 Å². The molecule has 1 aliphatic heterocycles. The Hall–Kier alpha value is -1.75. The van der Waals surface area contributed by atoms with Crippen molar-refractivity contribution in [3.8, 4) is 0 Å². The number of piperidine rings is 1. The van der Waals surface area contributed by atoms with Crippen LogP contribution in [0.15, 0.2) is 24.3 Å². The molecule has 19 heavy (non-hydrogen) atoms. The van der Waals surface area contributed by atoms with Crippen LogP contribution < -0.4 is 0 Å². The second-order valence-corrected chi connectivity index (χ2v) is 5.04. The molecule has 1 heterocycles. The van der Waals surface area contributed by atoms with Crippen LogP contribution in [0.4, 0.5) is 5.69 Å². The molecule has 5 heteroatoms. The van der Waals surface area contributed by atoms with Crippen LogP contribution in [0.3, 0.4) is 0 Å². The minimum atomic E-state index is -0.377. The van der Waals surface area contributed by atoms with Crippen molar-refractivity contribution in [2.24, 2.45) is 0 Å². The summed E-state index contributed by atoms with van der Waals surface area (Å²) in [6, 6.07) is 6.81. The van der Waals surface area contributed by atoms with E-state index < -0.39 is 0 Å². The molecule has 0 N–H and O–H groups in total. The van der Waals surface area contributed by atoms with Crippen LogP contribution in [-0.4, -0.2) is 35.2 Å². The first-order valence-corrected chi connectivity index (χ1v) is 6.55. The maximum absolute atomic E-state index is 10.8. The highest BCUT2D eigenvalue weighted by molar-refractivity contribution is 5.56. The summed E-state index contributed by atoms with van der Waals surface area (Å²) < 4.78 is 0. The number of hydrogen-bond acceptors (Lipinski definition) is 4. The number of nitro benzene ring substituents is 1. The maximum Gasteiger partial charge on any atom is 0.269 e. The third-order valence-corrected chi connectivity index (χ3v) is 3.88. The standard InChI is InChI=1S/C14H18N2O3/c1-11(10-17)15-8-6-13(7-9-15)12-2-4-14(5-3-12)16(18)19/h2-5,10-11,13H,6-9H2,1H3. The molecule has 1 aromatic carbocycles. The molecule has 0 bridgehead atoms. The SMILES string of the molecule is CC(C=O)N1CCC(c2ccc([N+](=O)[O-])cc2)CC1. The number of hydrogen-bond donors (Lipinski definition) is 0. The van der Waals surface area contributed by atoms with E-state index in [1.807, 2.05) is 19.1 Å². The predicted octanol–water partition coefficient (Wildman–Crippen LogP) is 2.36. The Bertz CT molecular complexity index is 450. The minimum Gasteiger partial charge on any atom is -0.302 e. The van der Waals surface area contributed by atoms with Crippen molar-refractivity contribution in [2.75, 3.05) is 13.1 Å². The van der Waals surface area contributed by atoms with Gasteiger partial charge < -0.3 is 4.79 Å². The fourth-order valence-corrected chi connectivity index (χ4v) is 2.59. The van der Waals surface area contributed by atoms with E-state index in [1.54, 1.807) is 12.1 Å². The van der Waals surface area contributed by atoms with Gasteiger partial charge in [0.05, 0.1) is 11.0 Å². The highest BCUT2D eigenvalue weighted by atomic mass is 16.6. The second-order valence-electron chi connectivity index (χ2n) is 5.04. The van der Waals surface area contributed by atoms with Gasteiger partial charge in [-0.1, -0.05) is 12.1 Å². The van der Waals surface area contributed by atoms with E-state index >= 15 is 0 Å². The molecule has 102 valence electrons. The molecule has 0 saturated carbocycles. The lowest BCUT2D eigenvalue weighted by Crippen LogP contribution is -2.40. The summed E-state index contributed by atoms with van der Waals surface area (Å²) in [5, 5.41) is 10.6. The van der Waals surface area contributed by atoms with Gasteiger partial charge in [0.2, 0.25) is 0 Å². The number of aldehydes is 1. The molecule has 0 amide bonds. The average Bonchev–Trinajstić information content (AvgIpc) is 2.46. The van der Waals surface area contributed by atoms with Gasteiger partial charge in [-0.15, -0.1) is 0 Å². The van der Waals surface area contributed by atoms with Gasteiger partial charge in [0.1, 0.15) is 6.29 Å². The molecule has 1 fully saturated rings. The molecule has 0 aliphatic carbocycles. The molecule has 1 saturated heterocycles. The van der Waals surface area contributed by atoms with Gasteiger partial charge in [-0.2, -0.15) is 0 Å². The predicted molar refractivity (Wildman–Crippen MR) is 72.2 cm³/mol. The lowest BCUT2D eigenvalue weighted by Gasteiger charge is -2.34. The number of carbonyl (C=O) groups is 1. The molecule has 0 radical (unpaired) electrons. The topological polar surface area (TPSA) is 63.5 Å². The summed E-state index contributed by atoms with van der Waals surface area (Å²) in [6.45, 7) is 3.72. The second kappa shape index (κ2) is 5.93. The summed E-state index contributed by atoms with van der Waals surface area (Å²) in [6.07, 6.45) is 2.97. The van der Waals surface area contributed by atoms with Crippen molar-refractivity contribution in [1.82, 2.24) is 4.90 Å². The number of nitro groups is 1. The molecule has 0 spiro atoms. The van der Waals surface area contributed by atoms with Crippen LogP contribution in [0.25, 0.3) is 0 Å². The van der Waals surface area contributed by atoms with Gasteiger partial charge in [0.15, 0.2) is 0 Å². The molecular weight excluding hydrogens is 244 g/mol. The molecule has 0 aromatic heterocycles. The summed E-state index contributed by atoms with van der Waals surface area (Å²) in [5.41, 5.74) is 1.29. The zero-order chi connectivity index (χ0) is 13.8. The normalized spacial score (nSPS) is 19.0. The van der Waals surface area contributed by atoms with Crippen LogP contribution in [0, 0.1) is 10.1 Å². The van der Waals surface area contributed by atoms with Crippen molar-refractivity contribution in [3.63, 3.8) is 0 Å². The zero-order valence-corrected chi connectivity index (χ0v) is 11.0. The zero-order valence-electron chi connectivity index (χ0n) is 11.0.